The van der Waals surface area contributed by atoms with Crippen LogP contribution in [0.4, 0.5) is 4.39 Å². The molecular formula is C8H14F. The maximum atomic E-state index is 12.6. The highest BCUT2D eigenvalue weighted by atomic mass is 19.1. The Hall–Kier alpha value is -0.0700. The van der Waals surface area contributed by atoms with E-state index in [0.717, 1.165) is 19.3 Å². The number of alkyl halides is 1. The van der Waals surface area contributed by atoms with Crippen molar-refractivity contribution in [3.63, 3.8) is 0 Å². The van der Waals surface area contributed by atoms with Gasteiger partial charge in [-0.15, -0.1) is 0 Å². The summed E-state index contributed by atoms with van der Waals surface area (Å²) in [6.07, 6.45) is 5.30. The van der Waals surface area contributed by atoms with Crippen LogP contribution in [-0.4, -0.2) is 6.17 Å². The van der Waals surface area contributed by atoms with Gasteiger partial charge in [0.15, 0.2) is 0 Å². The van der Waals surface area contributed by atoms with Gasteiger partial charge in [-0.05, 0) is 31.6 Å². The summed E-state index contributed by atoms with van der Waals surface area (Å²) in [6.45, 7) is 2.14. The Kier molecular flexibility index (Phi) is 2.49. The first-order valence-electron chi connectivity index (χ1n) is 3.80. The quantitative estimate of drug-likeness (QED) is 0.510. The third-order valence-corrected chi connectivity index (χ3v) is 2.13. The van der Waals surface area contributed by atoms with Gasteiger partial charge in [0.25, 0.3) is 0 Å². The summed E-state index contributed by atoms with van der Waals surface area (Å²) in [7, 11) is 0. The third kappa shape index (κ3) is 1.96. The molecule has 1 aliphatic rings. The van der Waals surface area contributed by atoms with Crippen LogP contribution in [0.3, 0.4) is 0 Å². The molecule has 0 spiro atoms. The van der Waals surface area contributed by atoms with Crippen molar-refractivity contribution >= 4 is 0 Å². The maximum Gasteiger partial charge on any atom is 0.104 e. The summed E-state index contributed by atoms with van der Waals surface area (Å²) in [5.74, 6) is 0.657. The summed E-state index contributed by atoms with van der Waals surface area (Å²) >= 11 is 0. The average molecular weight is 129 g/mol. The van der Waals surface area contributed by atoms with Gasteiger partial charge in [0.2, 0.25) is 0 Å². The van der Waals surface area contributed by atoms with Crippen LogP contribution < -0.4 is 0 Å². The van der Waals surface area contributed by atoms with Crippen LogP contribution in [0.15, 0.2) is 0 Å². The highest BCUT2D eigenvalue weighted by Crippen LogP contribution is 2.27. The molecule has 2 unspecified atom stereocenters. The fraction of sp³-hybridized carbons (Fsp3) is 0.875. The molecule has 1 radical (unpaired) electrons. The van der Waals surface area contributed by atoms with Gasteiger partial charge >= 0.3 is 0 Å². The van der Waals surface area contributed by atoms with Crippen molar-refractivity contribution in [1.82, 2.24) is 0 Å². The molecule has 1 fully saturated rings. The van der Waals surface area contributed by atoms with E-state index < -0.39 is 6.17 Å². The minimum atomic E-state index is -0.608. The van der Waals surface area contributed by atoms with Crippen molar-refractivity contribution in [2.45, 2.75) is 38.8 Å². The number of hydrogen-bond acceptors (Lipinski definition) is 0. The highest BCUT2D eigenvalue weighted by molar-refractivity contribution is 4.84. The second-order valence-electron chi connectivity index (χ2n) is 2.84. The lowest BCUT2D eigenvalue weighted by Gasteiger charge is -2.22. The Morgan fingerprint density at radius 3 is 2.89 bits per heavy atom. The monoisotopic (exact) mass is 129 g/mol. The van der Waals surface area contributed by atoms with Crippen molar-refractivity contribution < 1.29 is 4.39 Å². The van der Waals surface area contributed by atoms with Gasteiger partial charge in [-0.1, -0.05) is 13.3 Å². The zero-order valence-electron chi connectivity index (χ0n) is 5.94. The first kappa shape index (κ1) is 7.04. The molecule has 0 amide bonds. The molecule has 1 aliphatic carbocycles. The molecule has 0 N–H and O–H groups in total. The van der Waals surface area contributed by atoms with E-state index in [-0.39, 0.29) is 0 Å². The fourth-order valence-electron chi connectivity index (χ4n) is 1.42. The van der Waals surface area contributed by atoms with Gasteiger partial charge in [0.1, 0.15) is 6.17 Å². The topological polar surface area (TPSA) is 0 Å². The second-order valence-corrected chi connectivity index (χ2v) is 2.84. The van der Waals surface area contributed by atoms with Gasteiger partial charge in [-0.3, -0.25) is 0 Å². The van der Waals surface area contributed by atoms with Crippen LogP contribution >= 0.6 is 0 Å². The van der Waals surface area contributed by atoms with E-state index in [1.54, 1.807) is 6.42 Å². The Bertz CT molecular complexity index is 80.6. The van der Waals surface area contributed by atoms with Crippen LogP contribution in [0.25, 0.3) is 0 Å². The Balaban J connectivity index is 2.23. The molecule has 1 rings (SSSR count). The molecule has 1 saturated carbocycles. The summed E-state index contributed by atoms with van der Waals surface area (Å²) < 4.78 is 12.6. The second kappa shape index (κ2) is 3.19. The number of halogens is 1. The van der Waals surface area contributed by atoms with Gasteiger partial charge < -0.3 is 0 Å². The molecule has 0 aliphatic heterocycles. The largest absolute Gasteiger partial charge is 0.247 e. The molecule has 0 bridgehead atoms. The summed E-state index contributed by atoms with van der Waals surface area (Å²) in [5.41, 5.74) is 0. The minimum absolute atomic E-state index is 0.608. The van der Waals surface area contributed by atoms with Crippen LogP contribution in [0.2, 0.25) is 0 Å². The van der Waals surface area contributed by atoms with Crippen molar-refractivity contribution in [3.05, 3.63) is 6.42 Å². The van der Waals surface area contributed by atoms with Gasteiger partial charge in [0, 0.05) is 0 Å². The molecule has 0 nitrogen and oxygen atoms in total. The smallest absolute Gasteiger partial charge is 0.104 e. The Morgan fingerprint density at radius 2 is 2.44 bits per heavy atom. The van der Waals surface area contributed by atoms with E-state index in [9.17, 15) is 4.39 Å². The van der Waals surface area contributed by atoms with Crippen LogP contribution in [0.5, 0.6) is 0 Å². The first-order valence-corrected chi connectivity index (χ1v) is 3.80. The summed E-state index contributed by atoms with van der Waals surface area (Å²) in [4.78, 5) is 0. The molecule has 0 heterocycles. The van der Waals surface area contributed by atoms with E-state index in [1.165, 1.54) is 6.42 Å². The van der Waals surface area contributed by atoms with Gasteiger partial charge in [-0.25, -0.2) is 4.39 Å². The van der Waals surface area contributed by atoms with Crippen LogP contribution in [-0.2, 0) is 0 Å². The predicted octanol–water partition coefficient (Wildman–Crippen LogP) is 2.74. The molecule has 2 atom stereocenters. The van der Waals surface area contributed by atoms with Gasteiger partial charge in [-0.2, -0.15) is 0 Å². The van der Waals surface area contributed by atoms with Crippen molar-refractivity contribution in [2.75, 3.05) is 0 Å². The van der Waals surface area contributed by atoms with E-state index >= 15 is 0 Å². The molecule has 53 valence electrons. The number of hydrogen-bond donors (Lipinski definition) is 0. The molecule has 9 heavy (non-hydrogen) atoms. The Morgan fingerprint density at radius 1 is 1.67 bits per heavy atom. The average Bonchev–Trinajstić information content (AvgIpc) is 1.88. The lowest BCUT2D eigenvalue weighted by Crippen LogP contribution is -2.15. The first-order chi connectivity index (χ1) is 4.33. The summed E-state index contributed by atoms with van der Waals surface area (Å²) in [6, 6.07) is 0. The third-order valence-electron chi connectivity index (χ3n) is 2.13. The van der Waals surface area contributed by atoms with Gasteiger partial charge in [0.05, 0.1) is 0 Å². The normalized spacial score (nSPS) is 36.7. The molecular weight excluding hydrogens is 115 g/mol. The van der Waals surface area contributed by atoms with Crippen molar-refractivity contribution in [1.29, 1.82) is 0 Å². The van der Waals surface area contributed by atoms with E-state index in [2.05, 4.69) is 6.92 Å². The zero-order chi connectivity index (χ0) is 6.69. The zero-order valence-corrected chi connectivity index (χ0v) is 5.94. The Labute approximate surface area is 56.5 Å². The molecule has 0 aromatic heterocycles. The lowest BCUT2D eigenvalue weighted by molar-refractivity contribution is 0.246. The van der Waals surface area contributed by atoms with Crippen molar-refractivity contribution in [3.8, 4) is 0 Å². The lowest BCUT2D eigenvalue weighted by atomic mass is 9.86. The minimum Gasteiger partial charge on any atom is -0.247 e. The van der Waals surface area contributed by atoms with E-state index in [4.69, 9.17) is 0 Å². The maximum absolute atomic E-state index is 12.6. The molecule has 0 saturated heterocycles. The van der Waals surface area contributed by atoms with Crippen molar-refractivity contribution in [2.24, 2.45) is 5.92 Å². The predicted molar refractivity (Wildman–Crippen MR) is 36.8 cm³/mol. The molecule has 0 aromatic rings. The number of rotatable bonds is 1. The summed E-state index contributed by atoms with van der Waals surface area (Å²) in [5, 5.41) is 0. The molecule has 1 heteroatoms. The highest BCUT2D eigenvalue weighted by Gasteiger charge is 2.19. The standard InChI is InChI=1S/C8H14F/c1-2-7-4-3-5-8(9)6-7/h5,7-8H,2-4,6H2,1H3. The van der Waals surface area contributed by atoms with Crippen LogP contribution in [0.1, 0.15) is 32.6 Å². The van der Waals surface area contributed by atoms with E-state index in [1.807, 2.05) is 0 Å². The molecule has 0 aromatic carbocycles. The SMILES string of the molecule is CCC1CC[CH]C(F)C1. The fourth-order valence-corrected chi connectivity index (χ4v) is 1.42. The van der Waals surface area contributed by atoms with E-state index in [0.29, 0.717) is 5.92 Å². The van der Waals surface area contributed by atoms with Crippen LogP contribution in [0, 0.1) is 12.3 Å².